The SMILES string of the molecule is CC(=O)OC(F)(F)C(F)F. The van der Waals surface area contributed by atoms with E-state index < -0.39 is 18.5 Å². The quantitative estimate of drug-likeness (QED) is 0.451. The first-order valence-electron chi connectivity index (χ1n) is 2.22. The van der Waals surface area contributed by atoms with E-state index in [4.69, 9.17) is 0 Å². The molecule has 2 nitrogen and oxygen atoms in total. The highest BCUT2D eigenvalue weighted by Crippen LogP contribution is 2.23. The van der Waals surface area contributed by atoms with Crippen LogP contribution in [0.25, 0.3) is 0 Å². The molecule has 0 aromatic rings. The maximum absolute atomic E-state index is 11.6. The summed E-state index contributed by atoms with van der Waals surface area (Å²) in [7, 11) is 0. The fourth-order valence-corrected chi connectivity index (χ4v) is 0.236. The smallest absolute Gasteiger partial charge is 0.397 e. The Morgan fingerprint density at radius 3 is 2.00 bits per heavy atom. The van der Waals surface area contributed by atoms with E-state index in [9.17, 15) is 22.4 Å². The van der Waals surface area contributed by atoms with Gasteiger partial charge in [-0.2, -0.15) is 17.6 Å². The molecule has 0 amide bonds. The molecular weight excluding hydrogens is 156 g/mol. The van der Waals surface area contributed by atoms with E-state index in [1.54, 1.807) is 0 Å². The van der Waals surface area contributed by atoms with E-state index in [0.717, 1.165) is 0 Å². The number of carbonyl (C=O) groups excluding carboxylic acids is 1. The summed E-state index contributed by atoms with van der Waals surface area (Å²) in [5.41, 5.74) is 0. The summed E-state index contributed by atoms with van der Waals surface area (Å²) in [6, 6.07) is 0. The highest BCUT2D eigenvalue weighted by Gasteiger charge is 2.44. The first-order chi connectivity index (χ1) is 4.36. The summed E-state index contributed by atoms with van der Waals surface area (Å²) >= 11 is 0. The lowest BCUT2D eigenvalue weighted by atomic mass is 10.6. The molecule has 0 saturated heterocycles. The van der Waals surface area contributed by atoms with E-state index in [2.05, 4.69) is 4.74 Å². The first kappa shape index (κ1) is 9.19. The van der Waals surface area contributed by atoms with Crippen LogP contribution in [-0.4, -0.2) is 18.5 Å². The number of hydrogen-bond acceptors (Lipinski definition) is 2. The maximum atomic E-state index is 11.6. The Morgan fingerprint density at radius 2 is 1.90 bits per heavy atom. The molecule has 0 aliphatic rings. The van der Waals surface area contributed by atoms with Crippen molar-refractivity contribution in [2.24, 2.45) is 0 Å². The van der Waals surface area contributed by atoms with Gasteiger partial charge in [-0.1, -0.05) is 0 Å². The second-order valence-corrected chi connectivity index (χ2v) is 1.46. The topological polar surface area (TPSA) is 26.3 Å². The molecule has 10 heavy (non-hydrogen) atoms. The monoisotopic (exact) mass is 160 g/mol. The van der Waals surface area contributed by atoms with Crippen LogP contribution in [-0.2, 0) is 9.53 Å². The standard InChI is InChI=1S/C4H4F4O2/c1-2(9)10-4(7,8)3(5)6/h3H,1H3. The van der Waals surface area contributed by atoms with Crippen LogP contribution in [0.2, 0.25) is 0 Å². The maximum Gasteiger partial charge on any atom is 0.463 e. The van der Waals surface area contributed by atoms with E-state index in [1.807, 2.05) is 0 Å². The van der Waals surface area contributed by atoms with Gasteiger partial charge in [0.25, 0.3) is 0 Å². The van der Waals surface area contributed by atoms with Crippen molar-refractivity contribution in [2.45, 2.75) is 19.5 Å². The molecule has 0 fully saturated rings. The molecular formula is C4H4F4O2. The summed E-state index contributed by atoms with van der Waals surface area (Å²) in [6.07, 6.45) is -8.64. The van der Waals surface area contributed by atoms with Crippen molar-refractivity contribution in [1.29, 1.82) is 0 Å². The molecule has 60 valence electrons. The van der Waals surface area contributed by atoms with Crippen LogP contribution in [0.1, 0.15) is 6.92 Å². The van der Waals surface area contributed by atoms with Gasteiger partial charge in [-0.25, -0.2) is 0 Å². The van der Waals surface area contributed by atoms with E-state index >= 15 is 0 Å². The van der Waals surface area contributed by atoms with E-state index in [1.165, 1.54) is 0 Å². The summed E-state index contributed by atoms with van der Waals surface area (Å²) in [4.78, 5) is 9.73. The normalized spacial score (nSPS) is 11.8. The first-order valence-corrected chi connectivity index (χ1v) is 2.22. The van der Waals surface area contributed by atoms with Crippen molar-refractivity contribution in [1.82, 2.24) is 0 Å². The largest absolute Gasteiger partial charge is 0.463 e. The number of hydrogen-bond donors (Lipinski definition) is 0. The van der Waals surface area contributed by atoms with Gasteiger partial charge < -0.3 is 4.74 Å². The van der Waals surface area contributed by atoms with Crippen LogP contribution in [0.4, 0.5) is 17.6 Å². The van der Waals surface area contributed by atoms with Crippen molar-refractivity contribution < 1.29 is 27.1 Å². The Morgan fingerprint density at radius 1 is 1.50 bits per heavy atom. The number of rotatable bonds is 2. The van der Waals surface area contributed by atoms with Gasteiger partial charge >= 0.3 is 18.5 Å². The lowest BCUT2D eigenvalue weighted by molar-refractivity contribution is -0.284. The predicted octanol–water partition coefficient (Wildman–Crippen LogP) is 1.41. The Bertz CT molecular complexity index is 133. The zero-order chi connectivity index (χ0) is 8.36. The van der Waals surface area contributed by atoms with Gasteiger partial charge in [-0.15, -0.1) is 0 Å². The molecule has 0 rings (SSSR count). The van der Waals surface area contributed by atoms with Crippen LogP contribution in [0, 0.1) is 0 Å². The summed E-state index contributed by atoms with van der Waals surface area (Å²) < 4.78 is 48.5. The minimum atomic E-state index is -4.66. The lowest BCUT2D eigenvalue weighted by Crippen LogP contribution is -2.31. The molecule has 0 aromatic carbocycles. The number of alkyl halides is 4. The molecule has 6 heteroatoms. The fourth-order valence-electron chi connectivity index (χ4n) is 0.236. The summed E-state index contributed by atoms with van der Waals surface area (Å²) in [5.74, 6) is -1.44. The molecule has 0 radical (unpaired) electrons. The fraction of sp³-hybridized carbons (Fsp3) is 0.750. The number of esters is 1. The van der Waals surface area contributed by atoms with Gasteiger partial charge in [0, 0.05) is 6.92 Å². The van der Waals surface area contributed by atoms with Crippen LogP contribution in [0.5, 0.6) is 0 Å². The molecule has 0 heterocycles. The zero-order valence-electron chi connectivity index (χ0n) is 4.91. The van der Waals surface area contributed by atoms with Gasteiger partial charge in [0.1, 0.15) is 0 Å². The molecule has 0 bridgehead atoms. The highest BCUT2D eigenvalue weighted by atomic mass is 19.3. The number of halogens is 4. The lowest BCUT2D eigenvalue weighted by Gasteiger charge is -2.13. The third-order valence-electron chi connectivity index (χ3n) is 0.534. The summed E-state index contributed by atoms with van der Waals surface area (Å²) in [6.45, 7) is 0.621. The van der Waals surface area contributed by atoms with Gasteiger partial charge in [0.05, 0.1) is 0 Å². The molecule has 0 spiro atoms. The van der Waals surface area contributed by atoms with Crippen molar-refractivity contribution in [3.8, 4) is 0 Å². The minimum absolute atomic E-state index is 0.621. The van der Waals surface area contributed by atoms with Crippen molar-refractivity contribution in [2.75, 3.05) is 0 Å². The van der Waals surface area contributed by atoms with Gasteiger partial charge in [-0.05, 0) is 0 Å². The third kappa shape index (κ3) is 2.65. The second-order valence-electron chi connectivity index (χ2n) is 1.46. The molecule has 0 N–H and O–H groups in total. The van der Waals surface area contributed by atoms with Gasteiger partial charge in [-0.3, -0.25) is 4.79 Å². The molecule has 0 aliphatic heterocycles. The van der Waals surface area contributed by atoms with Crippen LogP contribution < -0.4 is 0 Å². The van der Waals surface area contributed by atoms with E-state index in [-0.39, 0.29) is 0 Å². The van der Waals surface area contributed by atoms with Crippen LogP contribution in [0.15, 0.2) is 0 Å². The van der Waals surface area contributed by atoms with Gasteiger partial charge in [0.15, 0.2) is 0 Å². The molecule has 0 unspecified atom stereocenters. The zero-order valence-corrected chi connectivity index (χ0v) is 4.91. The number of carbonyl (C=O) groups is 1. The Kier molecular flexibility index (Phi) is 2.62. The highest BCUT2D eigenvalue weighted by molar-refractivity contribution is 5.66. The molecule has 0 aromatic heterocycles. The van der Waals surface area contributed by atoms with Crippen molar-refractivity contribution in [3.63, 3.8) is 0 Å². The Labute approximate surface area is 53.8 Å². The molecule has 0 aliphatic carbocycles. The van der Waals surface area contributed by atoms with Crippen molar-refractivity contribution >= 4 is 5.97 Å². The average molecular weight is 160 g/mol. The predicted molar refractivity (Wildman–Crippen MR) is 22.7 cm³/mol. The van der Waals surface area contributed by atoms with Crippen molar-refractivity contribution in [3.05, 3.63) is 0 Å². The van der Waals surface area contributed by atoms with Gasteiger partial charge in [0.2, 0.25) is 0 Å². The average Bonchev–Trinajstić information content (AvgIpc) is 1.60. The van der Waals surface area contributed by atoms with Crippen LogP contribution in [0.3, 0.4) is 0 Å². The van der Waals surface area contributed by atoms with Crippen LogP contribution >= 0.6 is 0 Å². The Balaban J connectivity index is 3.99. The third-order valence-corrected chi connectivity index (χ3v) is 0.534. The summed E-state index contributed by atoms with van der Waals surface area (Å²) in [5, 5.41) is 0. The molecule has 0 atom stereocenters. The Hall–Kier alpha value is -0.810. The molecule has 0 saturated carbocycles. The minimum Gasteiger partial charge on any atom is -0.397 e. The second kappa shape index (κ2) is 2.85. The van der Waals surface area contributed by atoms with E-state index in [0.29, 0.717) is 6.92 Å². The number of ether oxygens (including phenoxy) is 1.